The molecule has 0 bridgehead atoms. The molecule has 3 heteroatoms. The molecule has 4 rings (SSSR count). The SMILES string of the molecule is NC1CC(NC2CCN(C3CC3)CC2)c2ccccc21. The quantitative estimate of drug-likeness (QED) is 0.886. The van der Waals surface area contributed by atoms with Crippen molar-refractivity contribution in [2.45, 2.75) is 56.3 Å². The Morgan fingerprint density at radius 3 is 2.40 bits per heavy atom. The van der Waals surface area contributed by atoms with E-state index in [4.69, 9.17) is 5.73 Å². The average Bonchev–Trinajstić information content (AvgIpc) is 3.28. The maximum Gasteiger partial charge on any atom is 0.0344 e. The number of nitrogens with zero attached hydrogens (tertiary/aromatic N) is 1. The maximum absolute atomic E-state index is 6.26. The predicted molar refractivity (Wildman–Crippen MR) is 81.5 cm³/mol. The molecule has 1 saturated carbocycles. The molecule has 2 atom stereocenters. The smallest absolute Gasteiger partial charge is 0.0344 e. The minimum Gasteiger partial charge on any atom is -0.324 e. The van der Waals surface area contributed by atoms with Gasteiger partial charge in [-0.25, -0.2) is 0 Å². The van der Waals surface area contributed by atoms with E-state index in [0.717, 1.165) is 12.5 Å². The lowest BCUT2D eigenvalue weighted by Gasteiger charge is -2.34. The monoisotopic (exact) mass is 271 g/mol. The Kier molecular flexibility index (Phi) is 3.29. The zero-order chi connectivity index (χ0) is 13.5. The van der Waals surface area contributed by atoms with Crippen molar-refractivity contribution in [1.29, 1.82) is 0 Å². The summed E-state index contributed by atoms with van der Waals surface area (Å²) in [6, 6.07) is 11.0. The summed E-state index contributed by atoms with van der Waals surface area (Å²) in [5.41, 5.74) is 9.05. The third-order valence-corrected chi connectivity index (χ3v) is 5.29. The van der Waals surface area contributed by atoms with E-state index in [1.165, 1.54) is 49.9 Å². The van der Waals surface area contributed by atoms with Gasteiger partial charge in [0.15, 0.2) is 0 Å². The summed E-state index contributed by atoms with van der Waals surface area (Å²) < 4.78 is 0. The molecule has 20 heavy (non-hydrogen) atoms. The molecule has 0 amide bonds. The van der Waals surface area contributed by atoms with E-state index in [2.05, 4.69) is 34.5 Å². The molecule has 108 valence electrons. The fourth-order valence-corrected chi connectivity index (χ4v) is 3.99. The first-order chi connectivity index (χ1) is 9.81. The first-order valence-corrected chi connectivity index (χ1v) is 8.16. The van der Waals surface area contributed by atoms with Crippen LogP contribution >= 0.6 is 0 Å². The number of fused-ring (bicyclic) bond motifs is 1. The molecule has 1 aromatic carbocycles. The number of hydrogen-bond acceptors (Lipinski definition) is 3. The van der Waals surface area contributed by atoms with E-state index in [0.29, 0.717) is 12.1 Å². The summed E-state index contributed by atoms with van der Waals surface area (Å²) >= 11 is 0. The highest BCUT2D eigenvalue weighted by molar-refractivity contribution is 5.37. The Morgan fingerprint density at radius 1 is 1.00 bits per heavy atom. The van der Waals surface area contributed by atoms with Crippen molar-refractivity contribution in [3.05, 3.63) is 35.4 Å². The Morgan fingerprint density at radius 2 is 1.70 bits per heavy atom. The van der Waals surface area contributed by atoms with E-state index in [9.17, 15) is 0 Å². The van der Waals surface area contributed by atoms with Gasteiger partial charge >= 0.3 is 0 Å². The van der Waals surface area contributed by atoms with Crippen LogP contribution in [0.3, 0.4) is 0 Å². The first kappa shape index (κ1) is 12.8. The Balaban J connectivity index is 1.38. The summed E-state index contributed by atoms with van der Waals surface area (Å²) in [5.74, 6) is 0. The number of benzene rings is 1. The van der Waals surface area contributed by atoms with Gasteiger partial charge < -0.3 is 16.0 Å². The van der Waals surface area contributed by atoms with Crippen LogP contribution in [-0.4, -0.2) is 30.1 Å². The fourth-order valence-electron chi connectivity index (χ4n) is 3.99. The minimum absolute atomic E-state index is 0.218. The largest absolute Gasteiger partial charge is 0.324 e. The second-order valence-electron chi connectivity index (χ2n) is 6.73. The van der Waals surface area contributed by atoms with Crippen LogP contribution in [-0.2, 0) is 0 Å². The molecule has 0 aromatic heterocycles. The highest BCUT2D eigenvalue weighted by Crippen LogP contribution is 2.38. The van der Waals surface area contributed by atoms with E-state index in [-0.39, 0.29) is 6.04 Å². The lowest BCUT2D eigenvalue weighted by Crippen LogP contribution is -2.44. The highest BCUT2D eigenvalue weighted by atomic mass is 15.2. The molecular weight excluding hydrogens is 246 g/mol. The predicted octanol–water partition coefficient (Wildman–Crippen LogP) is 2.35. The zero-order valence-electron chi connectivity index (χ0n) is 12.1. The molecule has 2 aliphatic carbocycles. The van der Waals surface area contributed by atoms with Crippen molar-refractivity contribution in [1.82, 2.24) is 10.2 Å². The second-order valence-corrected chi connectivity index (χ2v) is 6.73. The standard InChI is InChI=1S/C17H25N3/c18-16-11-17(15-4-2-1-3-14(15)16)19-12-7-9-20(10-8-12)13-5-6-13/h1-4,12-13,16-17,19H,5-11,18H2. The zero-order valence-corrected chi connectivity index (χ0v) is 12.1. The molecule has 1 heterocycles. The lowest BCUT2D eigenvalue weighted by molar-refractivity contribution is 0.182. The van der Waals surface area contributed by atoms with Crippen molar-refractivity contribution < 1.29 is 0 Å². The lowest BCUT2D eigenvalue weighted by atomic mass is 10.0. The van der Waals surface area contributed by atoms with Gasteiger partial charge in [0, 0.05) is 24.2 Å². The molecule has 1 aliphatic heterocycles. The van der Waals surface area contributed by atoms with Gasteiger partial charge in [0.05, 0.1) is 0 Å². The van der Waals surface area contributed by atoms with Crippen LogP contribution < -0.4 is 11.1 Å². The van der Waals surface area contributed by atoms with Crippen molar-refractivity contribution in [3.8, 4) is 0 Å². The van der Waals surface area contributed by atoms with Gasteiger partial charge in [0.2, 0.25) is 0 Å². The highest BCUT2D eigenvalue weighted by Gasteiger charge is 2.34. The van der Waals surface area contributed by atoms with E-state index in [1.54, 1.807) is 0 Å². The second kappa shape index (κ2) is 5.14. The van der Waals surface area contributed by atoms with Crippen LogP contribution in [0.25, 0.3) is 0 Å². The Labute approximate surface area is 121 Å². The van der Waals surface area contributed by atoms with Crippen LogP contribution in [0.4, 0.5) is 0 Å². The van der Waals surface area contributed by atoms with Crippen LogP contribution in [0, 0.1) is 0 Å². The van der Waals surface area contributed by atoms with Gasteiger partial charge in [-0.3, -0.25) is 0 Å². The molecule has 0 spiro atoms. The van der Waals surface area contributed by atoms with Crippen molar-refractivity contribution in [2.24, 2.45) is 5.73 Å². The van der Waals surface area contributed by atoms with Gasteiger partial charge in [0.25, 0.3) is 0 Å². The molecule has 0 radical (unpaired) electrons. The van der Waals surface area contributed by atoms with Crippen molar-refractivity contribution in [3.63, 3.8) is 0 Å². The maximum atomic E-state index is 6.26. The van der Waals surface area contributed by atoms with Crippen molar-refractivity contribution in [2.75, 3.05) is 13.1 Å². The molecule has 2 unspecified atom stereocenters. The van der Waals surface area contributed by atoms with E-state index >= 15 is 0 Å². The Hall–Kier alpha value is -0.900. The minimum atomic E-state index is 0.218. The summed E-state index contributed by atoms with van der Waals surface area (Å²) in [5, 5.41) is 3.88. The first-order valence-electron chi connectivity index (χ1n) is 8.16. The normalized spacial score (nSPS) is 31.4. The number of hydrogen-bond donors (Lipinski definition) is 2. The molecule has 3 aliphatic rings. The van der Waals surface area contributed by atoms with Gasteiger partial charge in [-0.15, -0.1) is 0 Å². The van der Waals surface area contributed by atoms with E-state index < -0.39 is 0 Å². The molecule has 3 nitrogen and oxygen atoms in total. The van der Waals surface area contributed by atoms with Crippen LogP contribution in [0.1, 0.15) is 55.3 Å². The number of piperidine rings is 1. The van der Waals surface area contributed by atoms with Crippen LogP contribution in [0.5, 0.6) is 0 Å². The molecule has 3 N–H and O–H groups in total. The summed E-state index contributed by atoms with van der Waals surface area (Å²) in [6.45, 7) is 2.56. The number of likely N-dealkylation sites (tertiary alicyclic amines) is 1. The number of rotatable bonds is 3. The van der Waals surface area contributed by atoms with Gasteiger partial charge in [0.1, 0.15) is 0 Å². The number of nitrogens with one attached hydrogen (secondary N) is 1. The van der Waals surface area contributed by atoms with Gasteiger partial charge in [-0.2, -0.15) is 0 Å². The van der Waals surface area contributed by atoms with Gasteiger partial charge in [-0.05, 0) is 56.3 Å². The van der Waals surface area contributed by atoms with Crippen molar-refractivity contribution >= 4 is 0 Å². The van der Waals surface area contributed by atoms with Crippen LogP contribution in [0.15, 0.2) is 24.3 Å². The molecule has 1 aromatic rings. The number of nitrogens with two attached hydrogens (primary N) is 1. The summed E-state index contributed by atoms with van der Waals surface area (Å²) in [4.78, 5) is 2.69. The Bertz CT molecular complexity index is 475. The van der Waals surface area contributed by atoms with Gasteiger partial charge in [-0.1, -0.05) is 24.3 Å². The molecule has 2 fully saturated rings. The summed E-state index contributed by atoms with van der Waals surface area (Å²) in [6.07, 6.45) is 6.52. The molecule has 1 saturated heterocycles. The molecular formula is C17H25N3. The van der Waals surface area contributed by atoms with Crippen LogP contribution in [0.2, 0.25) is 0 Å². The third-order valence-electron chi connectivity index (χ3n) is 5.29. The summed E-state index contributed by atoms with van der Waals surface area (Å²) in [7, 11) is 0. The average molecular weight is 271 g/mol. The van der Waals surface area contributed by atoms with E-state index in [1.807, 2.05) is 0 Å². The third kappa shape index (κ3) is 2.39. The topological polar surface area (TPSA) is 41.3 Å². The fraction of sp³-hybridized carbons (Fsp3) is 0.647.